The summed E-state index contributed by atoms with van der Waals surface area (Å²) in [7, 11) is 0. The lowest BCUT2D eigenvalue weighted by molar-refractivity contribution is -0.143. The van der Waals surface area contributed by atoms with Gasteiger partial charge in [-0.25, -0.2) is 0 Å². The largest absolute Gasteiger partial charge is 0.490 e. The van der Waals surface area contributed by atoms with Gasteiger partial charge >= 0.3 is 5.97 Å². The Bertz CT molecular complexity index is 1030. The molecule has 0 aromatic heterocycles. The summed E-state index contributed by atoms with van der Waals surface area (Å²) in [6.45, 7) is 4.69. The molecule has 0 spiro atoms. The number of halogens is 2. The van der Waals surface area contributed by atoms with Gasteiger partial charge in [-0.3, -0.25) is 4.79 Å². The first-order valence-corrected chi connectivity index (χ1v) is 11.7. The van der Waals surface area contributed by atoms with Gasteiger partial charge in [0.15, 0.2) is 0 Å². The van der Waals surface area contributed by atoms with Gasteiger partial charge in [0.25, 0.3) is 0 Å². The monoisotopic (exact) mass is 512 g/mol. The number of ether oxygens (including phenoxy) is 2. The number of benzene rings is 3. The predicted octanol–water partition coefficient (Wildman–Crippen LogP) is 7.42. The van der Waals surface area contributed by atoms with E-state index in [9.17, 15) is 4.79 Å². The lowest BCUT2D eigenvalue weighted by Gasteiger charge is -2.12. The molecule has 0 aliphatic carbocycles. The van der Waals surface area contributed by atoms with Crippen LogP contribution in [0.4, 0.5) is 0 Å². The molecule has 3 rings (SSSR count). The third-order valence-corrected chi connectivity index (χ3v) is 5.85. The summed E-state index contributed by atoms with van der Waals surface area (Å²) in [6.07, 6.45) is 3.13. The quantitative estimate of drug-likeness (QED) is 0.279. The predicted molar refractivity (Wildman–Crippen MR) is 134 cm³/mol. The van der Waals surface area contributed by atoms with Gasteiger partial charge in [0.1, 0.15) is 12.4 Å². The highest BCUT2D eigenvalue weighted by atomic mass is 79.9. The van der Waals surface area contributed by atoms with Gasteiger partial charge in [-0.05, 0) is 90.6 Å². The van der Waals surface area contributed by atoms with Crippen LogP contribution < -0.4 is 4.74 Å². The maximum atomic E-state index is 11.6. The third kappa shape index (κ3) is 6.98. The van der Waals surface area contributed by atoms with Gasteiger partial charge in [-0.1, -0.05) is 57.9 Å². The van der Waals surface area contributed by atoms with Crippen molar-refractivity contribution in [3.05, 3.63) is 105 Å². The third-order valence-electron chi connectivity index (χ3n) is 5.07. The van der Waals surface area contributed by atoms with Crippen molar-refractivity contribution in [3.63, 3.8) is 0 Å². The topological polar surface area (TPSA) is 35.5 Å². The highest BCUT2D eigenvalue weighted by Crippen LogP contribution is 2.26. The molecule has 3 aromatic carbocycles. The van der Waals surface area contributed by atoms with Crippen LogP contribution in [0.1, 0.15) is 35.6 Å². The highest BCUT2D eigenvalue weighted by Gasteiger charge is 2.08. The summed E-state index contributed by atoms with van der Waals surface area (Å²) in [5.74, 6) is 0.630. The zero-order valence-electron chi connectivity index (χ0n) is 18.2. The molecule has 32 heavy (non-hydrogen) atoms. The van der Waals surface area contributed by atoms with Crippen LogP contribution in [0.25, 0.3) is 5.57 Å². The number of esters is 1. The average Bonchev–Trinajstić information content (AvgIpc) is 2.78. The summed E-state index contributed by atoms with van der Waals surface area (Å²) >= 11 is 9.57. The molecule has 0 heterocycles. The molecule has 0 bridgehead atoms. The number of hydrogen-bond donors (Lipinski definition) is 0. The minimum atomic E-state index is -0.167. The van der Waals surface area contributed by atoms with Crippen LogP contribution in [0.2, 0.25) is 5.02 Å². The van der Waals surface area contributed by atoms with Gasteiger partial charge < -0.3 is 9.47 Å². The molecule has 0 aliphatic heterocycles. The van der Waals surface area contributed by atoms with Gasteiger partial charge in [0.05, 0.1) is 6.61 Å². The molecule has 0 aliphatic rings. The van der Waals surface area contributed by atoms with Crippen LogP contribution in [0, 0.1) is 6.92 Å². The van der Waals surface area contributed by atoms with Crippen molar-refractivity contribution in [2.24, 2.45) is 0 Å². The van der Waals surface area contributed by atoms with Crippen LogP contribution in [0.5, 0.6) is 5.75 Å². The Hall–Kier alpha value is -2.56. The van der Waals surface area contributed by atoms with Gasteiger partial charge in [-0.15, -0.1) is 0 Å². The standard InChI is InChI=1S/C27H26BrClO3/c1-3-31-27(30)15-9-20-8-14-25(18-19(20)2)32-17-16-26(21-4-10-23(28)11-5-21)22-6-12-24(29)13-7-22/h4-8,10-14,16,18H,3,9,15,17H2,1-2H3. The highest BCUT2D eigenvalue weighted by molar-refractivity contribution is 9.10. The molecule has 0 saturated heterocycles. The second kappa shape index (κ2) is 11.9. The van der Waals surface area contributed by atoms with Gasteiger partial charge in [0, 0.05) is 15.9 Å². The van der Waals surface area contributed by atoms with Crippen molar-refractivity contribution in [3.8, 4) is 5.75 Å². The maximum Gasteiger partial charge on any atom is 0.306 e. The number of carbonyl (C=O) groups is 1. The summed E-state index contributed by atoms with van der Waals surface area (Å²) in [5.41, 5.74) is 5.48. The van der Waals surface area contributed by atoms with Crippen molar-refractivity contribution < 1.29 is 14.3 Å². The minimum absolute atomic E-state index is 0.167. The van der Waals surface area contributed by atoms with E-state index in [-0.39, 0.29) is 5.97 Å². The first-order valence-electron chi connectivity index (χ1n) is 10.6. The van der Waals surface area contributed by atoms with Crippen LogP contribution in [0.3, 0.4) is 0 Å². The van der Waals surface area contributed by atoms with Crippen LogP contribution in [0.15, 0.2) is 77.3 Å². The van der Waals surface area contributed by atoms with Crippen LogP contribution in [-0.2, 0) is 16.0 Å². The van der Waals surface area contributed by atoms with E-state index in [1.165, 1.54) is 0 Å². The second-order valence-corrected chi connectivity index (χ2v) is 8.69. The van der Waals surface area contributed by atoms with E-state index in [1.807, 2.05) is 68.4 Å². The van der Waals surface area contributed by atoms with E-state index in [4.69, 9.17) is 21.1 Å². The summed E-state index contributed by atoms with van der Waals surface area (Å²) in [6, 6.07) is 22.0. The molecular weight excluding hydrogens is 488 g/mol. The van der Waals surface area contributed by atoms with Crippen molar-refractivity contribution >= 4 is 39.1 Å². The van der Waals surface area contributed by atoms with Crippen molar-refractivity contribution in [1.82, 2.24) is 0 Å². The summed E-state index contributed by atoms with van der Waals surface area (Å²) in [4.78, 5) is 11.6. The lowest BCUT2D eigenvalue weighted by atomic mass is 9.98. The number of carbonyl (C=O) groups excluding carboxylic acids is 1. The second-order valence-electron chi connectivity index (χ2n) is 7.34. The Labute approximate surface area is 203 Å². The fourth-order valence-electron chi connectivity index (χ4n) is 3.39. The first-order chi connectivity index (χ1) is 15.5. The summed E-state index contributed by atoms with van der Waals surface area (Å²) in [5, 5.41) is 0.707. The zero-order valence-corrected chi connectivity index (χ0v) is 20.6. The van der Waals surface area contributed by atoms with Crippen LogP contribution in [-0.4, -0.2) is 19.2 Å². The fraction of sp³-hybridized carbons (Fsp3) is 0.222. The van der Waals surface area contributed by atoms with E-state index in [0.29, 0.717) is 31.1 Å². The molecule has 0 saturated carbocycles. The molecule has 0 amide bonds. The molecule has 0 unspecified atom stereocenters. The van der Waals surface area contributed by atoms with E-state index < -0.39 is 0 Å². The van der Waals surface area contributed by atoms with Crippen molar-refractivity contribution in [1.29, 1.82) is 0 Å². The lowest BCUT2D eigenvalue weighted by Crippen LogP contribution is -2.06. The summed E-state index contributed by atoms with van der Waals surface area (Å²) < 4.78 is 12.1. The van der Waals surface area contributed by atoms with E-state index in [1.54, 1.807) is 0 Å². The average molecular weight is 514 g/mol. The molecule has 0 radical (unpaired) electrons. The first kappa shape index (κ1) is 24.1. The van der Waals surface area contributed by atoms with E-state index in [0.717, 1.165) is 38.0 Å². The number of aryl methyl sites for hydroxylation is 2. The fourth-order valence-corrected chi connectivity index (χ4v) is 3.78. The normalized spacial score (nSPS) is 11.3. The van der Waals surface area contributed by atoms with Crippen molar-refractivity contribution in [2.45, 2.75) is 26.7 Å². The molecule has 3 aromatic rings. The minimum Gasteiger partial charge on any atom is -0.490 e. The van der Waals surface area contributed by atoms with E-state index >= 15 is 0 Å². The Kier molecular flexibility index (Phi) is 8.95. The molecule has 0 N–H and O–H groups in total. The molecule has 5 heteroatoms. The molecule has 0 fully saturated rings. The molecule has 166 valence electrons. The SMILES string of the molecule is CCOC(=O)CCc1ccc(OCC=C(c2ccc(Cl)cc2)c2ccc(Br)cc2)cc1C. The molecule has 3 nitrogen and oxygen atoms in total. The van der Waals surface area contributed by atoms with Crippen LogP contribution >= 0.6 is 27.5 Å². The maximum absolute atomic E-state index is 11.6. The molecule has 0 atom stereocenters. The van der Waals surface area contributed by atoms with Gasteiger partial charge in [0.2, 0.25) is 0 Å². The smallest absolute Gasteiger partial charge is 0.306 e. The Morgan fingerprint density at radius 2 is 1.66 bits per heavy atom. The van der Waals surface area contributed by atoms with Gasteiger partial charge in [-0.2, -0.15) is 0 Å². The Morgan fingerprint density at radius 3 is 2.28 bits per heavy atom. The number of hydrogen-bond acceptors (Lipinski definition) is 3. The Morgan fingerprint density at radius 1 is 1.00 bits per heavy atom. The molecular formula is C27H26BrClO3. The van der Waals surface area contributed by atoms with E-state index in [2.05, 4.69) is 34.1 Å². The Balaban J connectivity index is 1.72. The van der Waals surface area contributed by atoms with Crippen molar-refractivity contribution in [2.75, 3.05) is 13.2 Å². The number of rotatable bonds is 9. The zero-order chi connectivity index (χ0) is 22.9.